The molecule has 4 nitrogen and oxygen atoms in total. The van der Waals surface area contributed by atoms with E-state index in [0.29, 0.717) is 29.2 Å². The molecule has 1 amide bonds. The number of hydrogen-bond donors (Lipinski definition) is 1. The van der Waals surface area contributed by atoms with Gasteiger partial charge < -0.3 is 15.1 Å². The van der Waals surface area contributed by atoms with Gasteiger partial charge in [0.25, 0.3) is 5.91 Å². The number of hydrogen-bond acceptors (Lipinski definition) is 3. The molecule has 0 unspecified atom stereocenters. The number of piperidine rings is 1. The van der Waals surface area contributed by atoms with E-state index in [9.17, 15) is 22.4 Å². The maximum atomic E-state index is 14.6. The molecule has 1 N–H and O–H groups in total. The lowest BCUT2D eigenvalue weighted by Crippen LogP contribution is -2.39. The summed E-state index contributed by atoms with van der Waals surface area (Å²) in [5, 5.41) is 3.09. The third-order valence-electron chi connectivity index (χ3n) is 5.63. The number of benzene rings is 2. The van der Waals surface area contributed by atoms with Crippen LogP contribution in [0.25, 0.3) is 0 Å². The van der Waals surface area contributed by atoms with Crippen molar-refractivity contribution in [2.75, 3.05) is 30.4 Å². The van der Waals surface area contributed by atoms with Crippen molar-refractivity contribution >= 4 is 23.0 Å². The average molecular weight is 407 g/mol. The molecule has 2 aliphatic heterocycles. The minimum Gasteiger partial charge on any atom is -0.369 e. The third-order valence-corrected chi connectivity index (χ3v) is 5.63. The van der Waals surface area contributed by atoms with Crippen LogP contribution in [0.5, 0.6) is 0 Å². The van der Waals surface area contributed by atoms with Crippen molar-refractivity contribution in [1.29, 1.82) is 0 Å². The summed E-state index contributed by atoms with van der Waals surface area (Å²) >= 11 is 0. The fourth-order valence-electron chi connectivity index (χ4n) is 3.98. The average Bonchev–Trinajstić information content (AvgIpc) is 2.95. The van der Waals surface area contributed by atoms with E-state index in [0.717, 1.165) is 5.56 Å². The smallest absolute Gasteiger partial charge is 0.369 e. The van der Waals surface area contributed by atoms with E-state index in [1.54, 1.807) is 35.0 Å². The third kappa shape index (κ3) is 3.88. The second-order valence-corrected chi connectivity index (χ2v) is 7.63. The number of halogens is 4. The standard InChI is InChI=1S/C21H21F4N3O/c1-27-12-13-2-3-15(10-17(13)20(27)29)26-16-4-5-19(18(22)11-16)28-8-6-14(7-9-28)21(23,24)25/h2-5,10-11,14,26H,6-9,12H2,1H3. The zero-order chi connectivity index (χ0) is 20.8. The number of amides is 1. The highest BCUT2D eigenvalue weighted by Gasteiger charge is 2.41. The number of fused-ring (bicyclic) bond motifs is 1. The zero-order valence-electron chi connectivity index (χ0n) is 15.9. The first kappa shape index (κ1) is 19.5. The highest BCUT2D eigenvalue weighted by Crippen LogP contribution is 2.36. The van der Waals surface area contributed by atoms with Crippen molar-refractivity contribution in [1.82, 2.24) is 4.90 Å². The van der Waals surface area contributed by atoms with E-state index in [-0.39, 0.29) is 31.8 Å². The first-order valence-electron chi connectivity index (χ1n) is 9.49. The Bertz CT molecular complexity index is 936. The summed E-state index contributed by atoms with van der Waals surface area (Å²) in [7, 11) is 1.74. The zero-order valence-corrected chi connectivity index (χ0v) is 15.9. The van der Waals surface area contributed by atoms with E-state index in [1.807, 2.05) is 12.1 Å². The Kier molecular flexibility index (Phi) is 4.88. The Hall–Kier alpha value is -2.77. The van der Waals surface area contributed by atoms with Gasteiger partial charge in [0, 0.05) is 43.6 Å². The maximum absolute atomic E-state index is 14.6. The monoisotopic (exact) mass is 407 g/mol. The van der Waals surface area contributed by atoms with Crippen molar-refractivity contribution in [2.24, 2.45) is 5.92 Å². The quantitative estimate of drug-likeness (QED) is 0.733. The molecule has 4 rings (SSSR count). The second kappa shape index (κ2) is 7.24. The van der Waals surface area contributed by atoms with Crippen molar-refractivity contribution in [3.63, 3.8) is 0 Å². The summed E-state index contributed by atoms with van der Waals surface area (Å²) in [6, 6.07) is 10.0. The van der Waals surface area contributed by atoms with Gasteiger partial charge in [-0.25, -0.2) is 4.39 Å². The summed E-state index contributed by atoms with van der Waals surface area (Å²) < 4.78 is 53.1. The van der Waals surface area contributed by atoms with Crippen molar-refractivity contribution < 1.29 is 22.4 Å². The van der Waals surface area contributed by atoms with Gasteiger partial charge in [-0.15, -0.1) is 0 Å². The van der Waals surface area contributed by atoms with Crippen LogP contribution in [0.3, 0.4) is 0 Å². The van der Waals surface area contributed by atoms with Crippen LogP contribution in [-0.4, -0.2) is 37.1 Å². The van der Waals surface area contributed by atoms with Gasteiger partial charge in [-0.3, -0.25) is 4.79 Å². The molecule has 0 spiro atoms. The highest BCUT2D eigenvalue weighted by molar-refractivity contribution is 5.99. The molecule has 8 heteroatoms. The molecule has 1 fully saturated rings. The normalized spacial score (nSPS) is 17.6. The van der Waals surface area contributed by atoms with Crippen LogP contribution >= 0.6 is 0 Å². The van der Waals surface area contributed by atoms with Crippen LogP contribution in [0.15, 0.2) is 36.4 Å². The largest absolute Gasteiger partial charge is 0.391 e. The number of carbonyl (C=O) groups is 1. The topological polar surface area (TPSA) is 35.6 Å². The molecule has 2 aromatic rings. The molecule has 0 radical (unpaired) electrons. The predicted molar refractivity (Wildman–Crippen MR) is 103 cm³/mol. The number of anilines is 3. The lowest BCUT2D eigenvalue weighted by molar-refractivity contribution is -0.179. The molecule has 0 aliphatic carbocycles. The summed E-state index contributed by atoms with van der Waals surface area (Å²) in [6.45, 7) is 0.922. The van der Waals surface area contributed by atoms with Crippen LogP contribution in [-0.2, 0) is 6.54 Å². The molecule has 0 saturated carbocycles. The summed E-state index contributed by atoms with van der Waals surface area (Å²) in [5.41, 5.74) is 3.07. The molecule has 0 aromatic heterocycles. The number of nitrogens with zero attached hydrogens (tertiary/aromatic N) is 2. The van der Waals surface area contributed by atoms with Gasteiger partial charge in [-0.05, 0) is 48.7 Å². The number of carbonyl (C=O) groups excluding carboxylic acids is 1. The SMILES string of the molecule is CN1Cc2ccc(Nc3ccc(N4CCC(C(F)(F)F)CC4)c(F)c3)cc2C1=O. The number of rotatable bonds is 3. The summed E-state index contributed by atoms with van der Waals surface area (Å²) in [5.74, 6) is -1.85. The van der Waals surface area contributed by atoms with Crippen LogP contribution in [0.2, 0.25) is 0 Å². The number of nitrogens with one attached hydrogen (secondary N) is 1. The molecule has 0 atom stereocenters. The van der Waals surface area contributed by atoms with Crippen LogP contribution in [0.4, 0.5) is 34.6 Å². The second-order valence-electron chi connectivity index (χ2n) is 7.63. The Labute approximate surface area is 166 Å². The maximum Gasteiger partial charge on any atom is 0.391 e. The van der Waals surface area contributed by atoms with Crippen molar-refractivity contribution in [3.8, 4) is 0 Å². The molecule has 2 aliphatic rings. The molecule has 2 heterocycles. The van der Waals surface area contributed by atoms with Crippen molar-refractivity contribution in [2.45, 2.75) is 25.6 Å². The Morgan fingerprint density at radius 1 is 1.03 bits per heavy atom. The van der Waals surface area contributed by atoms with Crippen molar-refractivity contribution in [3.05, 3.63) is 53.3 Å². The van der Waals surface area contributed by atoms with Crippen LogP contribution in [0, 0.1) is 11.7 Å². The van der Waals surface area contributed by atoms with E-state index >= 15 is 0 Å². The molecular formula is C21H21F4N3O. The fraction of sp³-hybridized carbons (Fsp3) is 0.381. The summed E-state index contributed by atoms with van der Waals surface area (Å²) in [4.78, 5) is 15.4. The van der Waals surface area contributed by atoms with Crippen LogP contribution in [0.1, 0.15) is 28.8 Å². The van der Waals surface area contributed by atoms with Gasteiger partial charge in [0.05, 0.1) is 11.6 Å². The fourth-order valence-corrected chi connectivity index (χ4v) is 3.98. The summed E-state index contributed by atoms with van der Waals surface area (Å²) in [6.07, 6.45) is -4.24. The predicted octanol–water partition coefficient (Wildman–Crippen LogP) is 4.93. The van der Waals surface area contributed by atoms with Crippen LogP contribution < -0.4 is 10.2 Å². The van der Waals surface area contributed by atoms with E-state index < -0.39 is 17.9 Å². The van der Waals surface area contributed by atoms with Gasteiger partial charge in [-0.1, -0.05) is 6.07 Å². The van der Waals surface area contributed by atoms with E-state index in [2.05, 4.69) is 5.32 Å². The molecule has 29 heavy (non-hydrogen) atoms. The highest BCUT2D eigenvalue weighted by atomic mass is 19.4. The van der Waals surface area contributed by atoms with Gasteiger partial charge in [0.15, 0.2) is 0 Å². The minimum absolute atomic E-state index is 0.0272. The lowest BCUT2D eigenvalue weighted by Gasteiger charge is -2.34. The van der Waals surface area contributed by atoms with Gasteiger partial charge >= 0.3 is 6.18 Å². The first-order chi connectivity index (χ1) is 13.7. The Balaban J connectivity index is 1.46. The number of alkyl halides is 3. The lowest BCUT2D eigenvalue weighted by atomic mass is 9.96. The van der Waals surface area contributed by atoms with Gasteiger partial charge in [-0.2, -0.15) is 13.2 Å². The Morgan fingerprint density at radius 3 is 2.34 bits per heavy atom. The molecule has 2 aromatic carbocycles. The molecule has 1 saturated heterocycles. The van der Waals surface area contributed by atoms with E-state index in [1.165, 1.54) is 6.07 Å². The molecule has 154 valence electrons. The van der Waals surface area contributed by atoms with Gasteiger partial charge in [0.2, 0.25) is 0 Å². The minimum atomic E-state index is -4.19. The molecule has 0 bridgehead atoms. The van der Waals surface area contributed by atoms with Gasteiger partial charge in [0.1, 0.15) is 5.82 Å². The Morgan fingerprint density at radius 2 is 1.69 bits per heavy atom. The van der Waals surface area contributed by atoms with E-state index in [4.69, 9.17) is 0 Å². The molecular weight excluding hydrogens is 386 g/mol. The first-order valence-corrected chi connectivity index (χ1v) is 9.49.